The molecule has 2 aromatic rings. The van der Waals surface area contributed by atoms with Crippen LogP contribution in [0, 0.1) is 0 Å². The van der Waals surface area contributed by atoms with Crippen molar-refractivity contribution in [3.05, 3.63) is 71.3 Å². The van der Waals surface area contributed by atoms with Gasteiger partial charge in [-0.15, -0.1) is 0 Å². The molecule has 0 saturated heterocycles. The number of carbonyl (C=O) groups excluding carboxylic acids is 1. The van der Waals surface area contributed by atoms with E-state index in [0.717, 1.165) is 5.56 Å². The molecule has 3 rings (SSSR count). The van der Waals surface area contributed by atoms with Gasteiger partial charge < -0.3 is 10.0 Å². The van der Waals surface area contributed by atoms with Crippen LogP contribution in [0.25, 0.3) is 0 Å². The van der Waals surface area contributed by atoms with Crippen LogP contribution in [0.3, 0.4) is 0 Å². The third-order valence-corrected chi connectivity index (χ3v) is 4.22. The highest BCUT2D eigenvalue weighted by molar-refractivity contribution is 6.00. The number of rotatable bonds is 3. The Morgan fingerprint density at radius 2 is 1.73 bits per heavy atom. The summed E-state index contributed by atoms with van der Waals surface area (Å²) in [6, 6.07) is 16.2. The second-order valence-corrected chi connectivity index (χ2v) is 5.56. The Morgan fingerprint density at radius 1 is 1.09 bits per heavy atom. The lowest BCUT2D eigenvalue weighted by atomic mass is 9.83. The van der Waals surface area contributed by atoms with Crippen molar-refractivity contribution in [2.75, 3.05) is 0 Å². The summed E-state index contributed by atoms with van der Waals surface area (Å²) in [5.41, 5.74) is 2.09. The van der Waals surface area contributed by atoms with E-state index in [0.29, 0.717) is 17.7 Å². The van der Waals surface area contributed by atoms with E-state index in [1.807, 2.05) is 30.3 Å². The Morgan fingerprint density at radius 3 is 2.41 bits per heavy atom. The van der Waals surface area contributed by atoms with E-state index in [9.17, 15) is 14.7 Å². The molecule has 2 aromatic carbocycles. The van der Waals surface area contributed by atoms with Gasteiger partial charge in [0.25, 0.3) is 5.91 Å². The summed E-state index contributed by atoms with van der Waals surface area (Å²) >= 11 is 0. The van der Waals surface area contributed by atoms with Crippen LogP contribution < -0.4 is 0 Å². The van der Waals surface area contributed by atoms with E-state index in [1.165, 1.54) is 0 Å². The maximum Gasteiger partial charge on any atom is 0.313 e. The van der Waals surface area contributed by atoms with Gasteiger partial charge in [0.1, 0.15) is 5.92 Å². The first-order valence-electron chi connectivity index (χ1n) is 7.26. The Kier molecular flexibility index (Phi) is 3.67. The largest absolute Gasteiger partial charge is 0.481 e. The predicted molar refractivity (Wildman–Crippen MR) is 82.6 cm³/mol. The average Bonchev–Trinajstić information content (AvgIpc) is 2.52. The van der Waals surface area contributed by atoms with Gasteiger partial charge in [0.15, 0.2) is 0 Å². The van der Waals surface area contributed by atoms with Crippen molar-refractivity contribution in [2.24, 2.45) is 0 Å². The molecule has 0 fully saturated rings. The molecule has 4 heteroatoms. The van der Waals surface area contributed by atoms with Crippen LogP contribution in [0.1, 0.15) is 34.3 Å². The molecule has 1 N–H and O–H groups in total. The smallest absolute Gasteiger partial charge is 0.313 e. The summed E-state index contributed by atoms with van der Waals surface area (Å²) in [4.78, 5) is 26.1. The van der Waals surface area contributed by atoms with Crippen LogP contribution in [-0.4, -0.2) is 27.9 Å². The number of benzene rings is 2. The van der Waals surface area contributed by atoms with Gasteiger partial charge in [-0.2, -0.15) is 0 Å². The van der Waals surface area contributed by atoms with E-state index >= 15 is 0 Å². The number of fused-ring (bicyclic) bond motifs is 1. The minimum absolute atomic E-state index is 0.107. The molecule has 4 nitrogen and oxygen atoms in total. The molecular weight excluding hydrogens is 278 g/mol. The zero-order valence-electron chi connectivity index (χ0n) is 12.3. The first kappa shape index (κ1) is 14.3. The second kappa shape index (κ2) is 5.64. The van der Waals surface area contributed by atoms with Gasteiger partial charge in [-0.05, 0) is 24.1 Å². The first-order chi connectivity index (χ1) is 10.6. The number of aliphatic carboxylic acids is 1. The third-order valence-electron chi connectivity index (χ3n) is 4.22. The molecule has 2 atom stereocenters. The topological polar surface area (TPSA) is 57.6 Å². The second-order valence-electron chi connectivity index (χ2n) is 5.56. The van der Waals surface area contributed by atoms with Crippen LogP contribution in [0.2, 0.25) is 0 Å². The fourth-order valence-electron chi connectivity index (χ4n) is 3.08. The maximum atomic E-state index is 12.7. The molecule has 1 aliphatic rings. The maximum absolute atomic E-state index is 12.7. The lowest BCUT2D eigenvalue weighted by Crippen LogP contribution is -2.48. The van der Waals surface area contributed by atoms with Crippen LogP contribution >= 0.6 is 0 Å². The molecule has 0 aromatic heterocycles. The lowest BCUT2D eigenvalue weighted by molar-refractivity contribution is -0.140. The number of amides is 1. The number of hydrogen-bond acceptors (Lipinski definition) is 2. The average molecular weight is 295 g/mol. The normalized spacial score (nSPS) is 20.6. The minimum atomic E-state index is -0.898. The summed E-state index contributed by atoms with van der Waals surface area (Å²) in [5.74, 6) is -1.70. The van der Waals surface area contributed by atoms with Crippen molar-refractivity contribution in [2.45, 2.75) is 25.4 Å². The van der Waals surface area contributed by atoms with Gasteiger partial charge in [-0.25, -0.2) is 0 Å². The van der Waals surface area contributed by atoms with Crippen molar-refractivity contribution < 1.29 is 14.7 Å². The van der Waals surface area contributed by atoms with Crippen molar-refractivity contribution in [3.8, 4) is 0 Å². The number of carboxylic acid groups (broad SMARTS) is 1. The highest BCUT2D eigenvalue weighted by Gasteiger charge is 2.40. The van der Waals surface area contributed by atoms with Gasteiger partial charge in [0.2, 0.25) is 0 Å². The molecule has 1 amide bonds. The highest BCUT2D eigenvalue weighted by Crippen LogP contribution is 2.34. The zero-order valence-corrected chi connectivity index (χ0v) is 12.3. The Hall–Kier alpha value is -2.62. The summed E-state index contributed by atoms with van der Waals surface area (Å²) in [5, 5.41) is 9.59. The van der Waals surface area contributed by atoms with Crippen molar-refractivity contribution >= 4 is 11.9 Å². The molecule has 112 valence electrons. The lowest BCUT2D eigenvalue weighted by Gasteiger charge is -2.38. The molecule has 0 saturated carbocycles. The predicted octanol–water partition coefficient (Wildman–Crippen LogP) is 2.90. The highest BCUT2D eigenvalue weighted by atomic mass is 16.4. The Bertz CT molecular complexity index is 711. The van der Waals surface area contributed by atoms with Crippen molar-refractivity contribution in [1.29, 1.82) is 0 Å². The molecule has 1 aliphatic heterocycles. The monoisotopic (exact) mass is 295 g/mol. The first-order valence-corrected chi connectivity index (χ1v) is 7.26. The number of hydrogen-bond donors (Lipinski definition) is 1. The van der Waals surface area contributed by atoms with Gasteiger partial charge in [-0.3, -0.25) is 9.59 Å². The number of carbonyl (C=O) groups is 2. The quantitative estimate of drug-likeness (QED) is 0.947. The standard InChI is InChI=1S/C18H17NO3/c1-12-16(18(21)22)14-9-5-6-10-15(14)17(20)19(12)11-13-7-3-2-4-8-13/h2-10,12,16H,11H2,1H3,(H,21,22). The van der Waals surface area contributed by atoms with Gasteiger partial charge in [0.05, 0.1) is 0 Å². The van der Waals surface area contributed by atoms with E-state index in [-0.39, 0.29) is 11.9 Å². The summed E-state index contributed by atoms with van der Waals surface area (Å²) < 4.78 is 0. The van der Waals surface area contributed by atoms with Crippen LogP contribution in [-0.2, 0) is 11.3 Å². The SMILES string of the molecule is CC1C(C(=O)O)c2ccccc2C(=O)N1Cc1ccccc1. The van der Waals surface area contributed by atoms with E-state index < -0.39 is 11.9 Å². The number of carboxylic acids is 1. The van der Waals surface area contributed by atoms with Crippen LogP contribution in [0.5, 0.6) is 0 Å². The fraction of sp³-hybridized carbons (Fsp3) is 0.222. The Balaban J connectivity index is 2.02. The molecule has 2 unspecified atom stereocenters. The molecular formula is C18H17NO3. The molecule has 0 bridgehead atoms. The van der Waals surface area contributed by atoms with Crippen LogP contribution in [0.4, 0.5) is 0 Å². The van der Waals surface area contributed by atoms with Gasteiger partial charge in [-0.1, -0.05) is 48.5 Å². The summed E-state index contributed by atoms with van der Waals surface area (Å²) in [7, 11) is 0. The number of nitrogens with zero attached hydrogens (tertiary/aromatic N) is 1. The van der Waals surface area contributed by atoms with Gasteiger partial charge >= 0.3 is 5.97 Å². The van der Waals surface area contributed by atoms with E-state index in [1.54, 1.807) is 36.1 Å². The fourth-order valence-corrected chi connectivity index (χ4v) is 3.08. The van der Waals surface area contributed by atoms with E-state index in [4.69, 9.17) is 0 Å². The minimum Gasteiger partial charge on any atom is -0.481 e. The zero-order chi connectivity index (χ0) is 15.7. The molecule has 0 spiro atoms. The van der Waals surface area contributed by atoms with Crippen LogP contribution in [0.15, 0.2) is 54.6 Å². The summed E-state index contributed by atoms with van der Waals surface area (Å²) in [6.07, 6.45) is 0. The van der Waals surface area contributed by atoms with Crippen molar-refractivity contribution in [1.82, 2.24) is 4.90 Å². The Labute approximate surface area is 129 Å². The van der Waals surface area contributed by atoms with Crippen molar-refractivity contribution in [3.63, 3.8) is 0 Å². The molecule has 0 radical (unpaired) electrons. The van der Waals surface area contributed by atoms with Gasteiger partial charge in [0, 0.05) is 18.2 Å². The third kappa shape index (κ3) is 2.37. The molecule has 0 aliphatic carbocycles. The molecule has 1 heterocycles. The van der Waals surface area contributed by atoms with E-state index in [2.05, 4.69) is 0 Å². The summed E-state index contributed by atoms with van der Waals surface area (Å²) in [6.45, 7) is 2.22. The molecule has 22 heavy (non-hydrogen) atoms.